The number of aryl methyl sites for hydroxylation is 1. The number of unbranched alkanes of at least 4 members (excludes halogenated alkanes) is 31. The Labute approximate surface area is 399 Å². The van der Waals surface area contributed by atoms with Crippen molar-refractivity contribution >= 4 is 0 Å². The third-order valence-electron chi connectivity index (χ3n) is 15.4. The Morgan fingerprint density at radius 1 is 0.429 bits per heavy atom. The zero-order valence-corrected chi connectivity index (χ0v) is 45.1. The molecule has 0 aromatic carbocycles. The van der Waals surface area contributed by atoms with Gasteiger partial charge < -0.3 is 5.32 Å². The smallest absolute Gasteiger partial charge is 0.253 e. The average Bonchev–Trinajstić information content (AvgIpc) is 3.51. The molecule has 1 rings (SSSR count). The number of imidazole rings is 1. The summed E-state index contributed by atoms with van der Waals surface area (Å²) in [5.41, 5.74) is 1.35. The Morgan fingerprint density at radius 2 is 0.794 bits per heavy atom. The second kappa shape index (κ2) is 45.0. The first kappa shape index (κ1) is 60.2. The molecule has 374 valence electrons. The molecule has 0 aliphatic carbocycles. The summed E-state index contributed by atoms with van der Waals surface area (Å²) < 4.78 is 4.78. The van der Waals surface area contributed by atoms with Crippen molar-refractivity contribution in [2.45, 2.75) is 337 Å². The molecule has 1 heterocycles. The summed E-state index contributed by atoms with van der Waals surface area (Å²) >= 11 is 0. The maximum absolute atomic E-state index is 4.08. The lowest BCUT2D eigenvalue weighted by Crippen LogP contribution is -2.43. The summed E-state index contributed by atoms with van der Waals surface area (Å²) in [5.74, 6) is 4.03. The predicted molar refractivity (Wildman–Crippen MR) is 284 cm³/mol. The lowest BCUT2D eigenvalue weighted by atomic mass is 9.88. The minimum absolute atomic E-state index is 0.669. The topological polar surface area (TPSA) is 20.8 Å². The Balaban J connectivity index is 2.46. The van der Waals surface area contributed by atoms with Crippen LogP contribution in [0.3, 0.4) is 0 Å². The molecule has 0 aliphatic heterocycles. The summed E-state index contributed by atoms with van der Waals surface area (Å²) in [4.78, 5) is 0. The fourth-order valence-corrected chi connectivity index (χ4v) is 10.5. The van der Waals surface area contributed by atoms with Crippen molar-refractivity contribution in [2.75, 3.05) is 6.54 Å². The molecule has 2 unspecified atom stereocenters. The average molecular weight is 884 g/mol. The summed E-state index contributed by atoms with van der Waals surface area (Å²) in [5, 5.41) is 4.08. The minimum atomic E-state index is 0.669. The standard InChI is InChI=1S/C60H120N3/c1-9-11-13-15-17-19-21-23-25-27-29-31-33-35-37-39-46-59(47-40-38-36-34-32-30-28-26-24-22-20-18-16-14-12-10-2)48-41-42-49-60(51-50-56(5)45-43-44-55(3)4)61-52-53-63-54-57(6)62(8)58(63)7/h54-56,59-61H,9-53H2,1-8H3/q+1. The van der Waals surface area contributed by atoms with Crippen molar-refractivity contribution in [2.24, 2.45) is 24.8 Å². The van der Waals surface area contributed by atoms with Gasteiger partial charge in [0, 0.05) is 26.4 Å². The summed E-state index contributed by atoms with van der Waals surface area (Å²) in [6.45, 7) is 18.6. The van der Waals surface area contributed by atoms with E-state index < -0.39 is 0 Å². The highest BCUT2D eigenvalue weighted by Crippen LogP contribution is 2.26. The molecule has 0 amide bonds. The molecule has 0 bridgehead atoms. The van der Waals surface area contributed by atoms with Gasteiger partial charge in [-0.05, 0) is 37.0 Å². The number of rotatable bonds is 50. The molecule has 1 N–H and O–H groups in total. The molecule has 1 aromatic heterocycles. The van der Waals surface area contributed by atoms with E-state index in [9.17, 15) is 0 Å². The second-order valence-corrected chi connectivity index (χ2v) is 22.1. The first-order valence-electron chi connectivity index (χ1n) is 29.5. The fraction of sp³-hybridized carbons (Fsp3) is 0.950. The van der Waals surface area contributed by atoms with Gasteiger partial charge in [0.15, 0.2) is 0 Å². The molecular weight excluding hydrogens is 763 g/mol. The molecule has 0 aliphatic rings. The number of aromatic nitrogens is 2. The highest BCUT2D eigenvalue weighted by Gasteiger charge is 2.16. The van der Waals surface area contributed by atoms with Crippen LogP contribution in [0.5, 0.6) is 0 Å². The third-order valence-corrected chi connectivity index (χ3v) is 15.4. The number of hydrogen-bond donors (Lipinski definition) is 1. The van der Waals surface area contributed by atoms with Crippen molar-refractivity contribution in [1.82, 2.24) is 9.88 Å². The van der Waals surface area contributed by atoms with Crippen molar-refractivity contribution in [3.05, 3.63) is 17.7 Å². The van der Waals surface area contributed by atoms with Gasteiger partial charge >= 0.3 is 0 Å². The molecule has 0 radical (unpaired) electrons. The monoisotopic (exact) mass is 883 g/mol. The largest absolute Gasteiger partial charge is 0.310 e. The lowest BCUT2D eigenvalue weighted by Gasteiger charge is -2.22. The molecular formula is C60H120N3+. The molecule has 0 saturated heterocycles. The van der Waals surface area contributed by atoms with Crippen molar-refractivity contribution in [1.29, 1.82) is 0 Å². The number of nitrogens with one attached hydrogen (secondary N) is 1. The van der Waals surface area contributed by atoms with Gasteiger partial charge in [0.05, 0.1) is 7.05 Å². The van der Waals surface area contributed by atoms with Crippen LogP contribution in [0.25, 0.3) is 0 Å². The van der Waals surface area contributed by atoms with Crippen LogP contribution in [0.15, 0.2) is 6.20 Å². The molecule has 0 spiro atoms. The number of nitrogens with zero attached hydrogens (tertiary/aromatic N) is 2. The van der Waals surface area contributed by atoms with Crippen molar-refractivity contribution in [3.8, 4) is 0 Å². The van der Waals surface area contributed by atoms with Crippen LogP contribution in [0.2, 0.25) is 0 Å². The van der Waals surface area contributed by atoms with E-state index in [0.29, 0.717) is 6.04 Å². The Hall–Kier alpha value is -0.830. The van der Waals surface area contributed by atoms with Gasteiger partial charge in [0.1, 0.15) is 18.4 Å². The third kappa shape index (κ3) is 37.9. The summed E-state index contributed by atoms with van der Waals surface area (Å²) in [6, 6.07) is 0.669. The van der Waals surface area contributed by atoms with Gasteiger partial charge in [0.25, 0.3) is 5.82 Å². The highest BCUT2D eigenvalue weighted by molar-refractivity contribution is 4.93. The molecule has 63 heavy (non-hydrogen) atoms. The summed E-state index contributed by atoms with van der Waals surface area (Å²) in [7, 11) is 2.20. The zero-order valence-electron chi connectivity index (χ0n) is 45.1. The van der Waals surface area contributed by atoms with Crippen LogP contribution in [0.1, 0.15) is 322 Å². The second-order valence-electron chi connectivity index (χ2n) is 22.1. The van der Waals surface area contributed by atoms with Gasteiger partial charge in [-0.3, -0.25) is 0 Å². The van der Waals surface area contributed by atoms with Gasteiger partial charge in [-0.25, -0.2) is 9.13 Å². The predicted octanol–water partition coefficient (Wildman–Crippen LogP) is 19.6. The van der Waals surface area contributed by atoms with Gasteiger partial charge in [-0.1, -0.05) is 291 Å². The molecule has 0 fully saturated rings. The van der Waals surface area contributed by atoms with E-state index in [-0.39, 0.29) is 0 Å². The normalized spacial score (nSPS) is 13.0. The molecule has 2 atom stereocenters. The van der Waals surface area contributed by atoms with E-state index in [4.69, 9.17) is 0 Å². The Bertz CT molecular complexity index is 1020. The first-order valence-corrected chi connectivity index (χ1v) is 29.5. The van der Waals surface area contributed by atoms with E-state index >= 15 is 0 Å². The molecule has 3 nitrogen and oxygen atoms in total. The lowest BCUT2D eigenvalue weighted by molar-refractivity contribution is -0.700. The van der Waals surface area contributed by atoms with Crippen LogP contribution < -0.4 is 9.88 Å². The van der Waals surface area contributed by atoms with Gasteiger partial charge in [-0.15, -0.1) is 0 Å². The van der Waals surface area contributed by atoms with Crippen molar-refractivity contribution < 1.29 is 4.57 Å². The maximum Gasteiger partial charge on any atom is 0.253 e. The van der Waals surface area contributed by atoms with E-state index in [2.05, 4.69) is 76.2 Å². The minimum Gasteiger partial charge on any atom is -0.310 e. The van der Waals surface area contributed by atoms with Crippen LogP contribution in [0.4, 0.5) is 0 Å². The summed E-state index contributed by atoms with van der Waals surface area (Å²) in [6.07, 6.45) is 65.0. The van der Waals surface area contributed by atoms with Gasteiger partial charge in [0.2, 0.25) is 0 Å². The van der Waals surface area contributed by atoms with Crippen LogP contribution in [-0.4, -0.2) is 17.2 Å². The molecule has 0 saturated carbocycles. The van der Waals surface area contributed by atoms with E-state index in [1.165, 1.54) is 288 Å². The van der Waals surface area contributed by atoms with E-state index in [1.807, 2.05) is 0 Å². The van der Waals surface area contributed by atoms with Crippen LogP contribution in [0, 0.1) is 31.6 Å². The first-order chi connectivity index (χ1) is 30.8. The van der Waals surface area contributed by atoms with E-state index in [1.54, 1.807) is 0 Å². The van der Waals surface area contributed by atoms with Gasteiger partial charge in [-0.2, -0.15) is 0 Å². The molecule has 3 heteroatoms. The Morgan fingerprint density at radius 3 is 1.16 bits per heavy atom. The SMILES string of the molecule is CCCCCCCCCCCCCCCCCCC(CCCCCCCCCCCCCCCCCC)CCCCC(CCC(C)CCCC(C)C)NCC[n+]1cc(C)n(C)c1C. The molecule has 1 aromatic rings. The van der Waals surface area contributed by atoms with E-state index in [0.717, 1.165) is 30.8 Å². The van der Waals surface area contributed by atoms with Crippen LogP contribution in [-0.2, 0) is 13.6 Å². The zero-order chi connectivity index (χ0) is 45.9. The highest BCUT2D eigenvalue weighted by atomic mass is 15.2. The number of hydrogen-bond acceptors (Lipinski definition) is 1. The Kier molecular flexibility index (Phi) is 43.0. The van der Waals surface area contributed by atoms with Crippen molar-refractivity contribution in [3.63, 3.8) is 0 Å². The quantitative estimate of drug-likeness (QED) is 0.0511. The van der Waals surface area contributed by atoms with Crippen LogP contribution >= 0.6 is 0 Å². The fourth-order valence-electron chi connectivity index (χ4n) is 10.5. The maximum atomic E-state index is 4.08.